The third-order valence-electron chi connectivity index (χ3n) is 4.42. The molecule has 0 spiro atoms. The Hall–Kier alpha value is -2.92. The Morgan fingerprint density at radius 1 is 0.862 bits per heavy atom. The van der Waals surface area contributed by atoms with Gasteiger partial charge in [0.1, 0.15) is 6.10 Å². The van der Waals surface area contributed by atoms with Crippen LogP contribution in [0.25, 0.3) is 0 Å². The van der Waals surface area contributed by atoms with Crippen LogP contribution in [0.15, 0.2) is 72.8 Å². The number of esters is 2. The minimum atomic E-state index is -1.10. The largest absolute Gasteiger partial charge is 0.454 e. The molecule has 3 atom stereocenters. The van der Waals surface area contributed by atoms with Crippen molar-refractivity contribution in [1.82, 2.24) is 0 Å². The van der Waals surface area contributed by atoms with Crippen LogP contribution in [0.4, 0.5) is 0 Å². The monoisotopic (exact) mass is 396 g/mol. The molecule has 154 valence electrons. The summed E-state index contributed by atoms with van der Waals surface area (Å²) >= 11 is 0. The Kier molecular flexibility index (Phi) is 9.12. The molecule has 0 aromatic heterocycles. The molecule has 0 aliphatic rings. The molecular weight excluding hydrogens is 368 g/mol. The van der Waals surface area contributed by atoms with Gasteiger partial charge in [-0.3, -0.25) is 4.79 Å². The van der Waals surface area contributed by atoms with Gasteiger partial charge >= 0.3 is 11.9 Å². The normalized spacial score (nSPS) is 14.2. The van der Waals surface area contributed by atoms with Crippen molar-refractivity contribution in [2.24, 2.45) is 0 Å². The summed E-state index contributed by atoms with van der Waals surface area (Å²) in [6, 6.07) is 18.4. The van der Waals surface area contributed by atoms with Gasteiger partial charge in [-0.2, -0.15) is 0 Å². The van der Waals surface area contributed by atoms with Crippen molar-refractivity contribution in [3.63, 3.8) is 0 Å². The van der Waals surface area contributed by atoms with E-state index >= 15 is 0 Å². The van der Waals surface area contributed by atoms with Gasteiger partial charge in [0, 0.05) is 26.0 Å². The van der Waals surface area contributed by atoms with Gasteiger partial charge in [-0.05, 0) is 18.9 Å². The highest BCUT2D eigenvalue weighted by atomic mass is 16.6. The quantitative estimate of drug-likeness (QED) is 0.420. The van der Waals surface area contributed by atoms with Crippen LogP contribution in [0.3, 0.4) is 0 Å². The molecule has 0 bridgehead atoms. The predicted molar refractivity (Wildman–Crippen MR) is 111 cm³/mol. The van der Waals surface area contributed by atoms with Crippen LogP contribution in [-0.4, -0.2) is 25.2 Å². The highest BCUT2D eigenvalue weighted by molar-refractivity contribution is 5.80. The van der Waals surface area contributed by atoms with E-state index in [4.69, 9.17) is 14.2 Å². The Morgan fingerprint density at radius 3 is 1.97 bits per heavy atom. The smallest absolute Gasteiger partial charge is 0.352 e. The van der Waals surface area contributed by atoms with Crippen LogP contribution >= 0.6 is 0 Å². The molecule has 0 saturated carbocycles. The number of hydrogen-bond acceptors (Lipinski definition) is 5. The summed E-state index contributed by atoms with van der Waals surface area (Å²) in [4.78, 5) is 24.4. The summed E-state index contributed by atoms with van der Waals surface area (Å²) in [7, 11) is 1.67. The molecule has 2 rings (SSSR count). The SMILES string of the molecule is CO[C@H](C)C/C=C\C[C@@H](OC(=O)[C@@H](OC(C)=O)c1ccccc1)c1ccccc1. The van der Waals surface area contributed by atoms with Gasteiger partial charge in [-0.25, -0.2) is 4.79 Å². The molecular formula is C24H28O5. The first-order chi connectivity index (χ1) is 14.0. The fraction of sp³-hybridized carbons (Fsp3) is 0.333. The van der Waals surface area contributed by atoms with Crippen molar-refractivity contribution in [2.75, 3.05) is 7.11 Å². The molecule has 0 fully saturated rings. The second kappa shape index (κ2) is 11.8. The van der Waals surface area contributed by atoms with Gasteiger partial charge in [-0.15, -0.1) is 0 Å². The Balaban J connectivity index is 2.17. The van der Waals surface area contributed by atoms with E-state index in [1.165, 1.54) is 6.92 Å². The maximum absolute atomic E-state index is 12.9. The first-order valence-electron chi connectivity index (χ1n) is 9.66. The second-order valence-corrected chi connectivity index (χ2v) is 6.73. The van der Waals surface area contributed by atoms with Crippen molar-refractivity contribution in [1.29, 1.82) is 0 Å². The van der Waals surface area contributed by atoms with Crippen LogP contribution in [0.5, 0.6) is 0 Å². The lowest BCUT2D eigenvalue weighted by Gasteiger charge is -2.21. The lowest BCUT2D eigenvalue weighted by Crippen LogP contribution is -2.23. The summed E-state index contributed by atoms with van der Waals surface area (Å²) < 4.78 is 16.3. The van der Waals surface area contributed by atoms with Gasteiger partial charge in [0.15, 0.2) is 0 Å². The number of benzene rings is 2. The average Bonchev–Trinajstić information content (AvgIpc) is 2.74. The zero-order valence-electron chi connectivity index (χ0n) is 17.1. The van der Waals surface area contributed by atoms with Gasteiger partial charge < -0.3 is 14.2 Å². The first kappa shape index (κ1) is 22.4. The molecule has 29 heavy (non-hydrogen) atoms. The van der Waals surface area contributed by atoms with Crippen LogP contribution < -0.4 is 0 Å². The molecule has 0 amide bonds. The lowest BCUT2D eigenvalue weighted by atomic mass is 10.1. The molecule has 0 radical (unpaired) electrons. The number of hydrogen-bond donors (Lipinski definition) is 0. The van der Waals surface area contributed by atoms with Crippen molar-refractivity contribution < 1.29 is 23.8 Å². The molecule has 5 heteroatoms. The molecule has 0 aliphatic heterocycles. The third-order valence-corrected chi connectivity index (χ3v) is 4.42. The average molecular weight is 396 g/mol. The van der Waals surface area contributed by atoms with Crippen molar-refractivity contribution in [2.45, 2.75) is 45.0 Å². The van der Waals surface area contributed by atoms with E-state index in [0.717, 1.165) is 12.0 Å². The maximum atomic E-state index is 12.9. The third kappa shape index (κ3) is 7.54. The molecule has 2 aromatic carbocycles. The summed E-state index contributed by atoms with van der Waals surface area (Å²) in [6.07, 6.45) is 3.80. The van der Waals surface area contributed by atoms with E-state index in [1.807, 2.05) is 55.5 Å². The number of methoxy groups -OCH3 is 1. The van der Waals surface area contributed by atoms with Gasteiger partial charge in [0.2, 0.25) is 6.10 Å². The van der Waals surface area contributed by atoms with Crippen LogP contribution in [0, 0.1) is 0 Å². The molecule has 0 N–H and O–H groups in total. The minimum absolute atomic E-state index is 0.121. The Labute approximate surface area is 172 Å². The van der Waals surface area contributed by atoms with E-state index in [0.29, 0.717) is 12.0 Å². The summed E-state index contributed by atoms with van der Waals surface area (Å²) in [5.41, 5.74) is 1.45. The van der Waals surface area contributed by atoms with E-state index < -0.39 is 24.1 Å². The van der Waals surface area contributed by atoms with Crippen LogP contribution in [0.1, 0.15) is 50.0 Å². The minimum Gasteiger partial charge on any atom is -0.454 e. The van der Waals surface area contributed by atoms with Crippen molar-refractivity contribution in [3.05, 3.63) is 83.9 Å². The van der Waals surface area contributed by atoms with E-state index in [-0.39, 0.29) is 6.10 Å². The highest BCUT2D eigenvalue weighted by Crippen LogP contribution is 2.27. The summed E-state index contributed by atoms with van der Waals surface area (Å²) in [5.74, 6) is -1.14. The number of ether oxygens (including phenoxy) is 3. The molecule has 2 aromatic rings. The topological polar surface area (TPSA) is 61.8 Å². The molecule has 0 heterocycles. The van der Waals surface area contributed by atoms with Gasteiger partial charge in [0.25, 0.3) is 0 Å². The molecule has 0 aliphatic carbocycles. The Bertz CT molecular complexity index is 785. The first-order valence-corrected chi connectivity index (χ1v) is 9.66. The number of carbonyl (C=O) groups is 2. The van der Waals surface area contributed by atoms with Crippen molar-refractivity contribution in [3.8, 4) is 0 Å². The second-order valence-electron chi connectivity index (χ2n) is 6.73. The molecule has 0 saturated heterocycles. The van der Waals surface area contributed by atoms with Crippen LogP contribution in [-0.2, 0) is 23.8 Å². The summed E-state index contributed by atoms with van der Waals surface area (Å²) in [6.45, 7) is 3.26. The zero-order chi connectivity index (χ0) is 21.1. The molecule has 5 nitrogen and oxygen atoms in total. The van der Waals surface area contributed by atoms with E-state index in [2.05, 4.69) is 0 Å². The molecule has 0 unspecified atom stereocenters. The van der Waals surface area contributed by atoms with Crippen LogP contribution in [0.2, 0.25) is 0 Å². The van der Waals surface area contributed by atoms with Crippen molar-refractivity contribution >= 4 is 11.9 Å². The maximum Gasteiger partial charge on any atom is 0.352 e. The summed E-state index contributed by atoms with van der Waals surface area (Å²) in [5, 5.41) is 0. The standard InChI is InChI=1S/C24H28O5/c1-18(27-3)12-10-11-17-22(20-13-6-4-7-14-20)29-24(26)23(28-19(2)25)21-15-8-5-9-16-21/h4-11,13-16,18,22-23H,12,17H2,1-3H3/b11-10-/t18-,22-,23+/m1/s1. The van der Waals surface area contributed by atoms with Gasteiger partial charge in [0.05, 0.1) is 6.10 Å². The van der Waals surface area contributed by atoms with E-state index in [1.54, 1.807) is 31.4 Å². The van der Waals surface area contributed by atoms with E-state index in [9.17, 15) is 9.59 Å². The highest BCUT2D eigenvalue weighted by Gasteiger charge is 2.28. The predicted octanol–water partition coefficient (Wildman–Crippen LogP) is 4.95. The number of carbonyl (C=O) groups excluding carboxylic acids is 2. The number of rotatable bonds is 10. The fourth-order valence-corrected chi connectivity index (χ4v) is 2.77. The van der Waals surface area contributed by atoms with Gasteiger partial charge in [-0.1, -0.05) is 72.8 Å². The Morgan fingerprint density at radius 2 is 1.41 bits per heavy atom. The zero-order valence-corrected chi connectivity index (χ0v) is 17.1. The lowest BCUT2D eigenvalue weighted by molar-refractivity contribution is -0.171. The fourth-order valence-electron chi connectivity index (χ4n) is 2.77.